The first-order valence-corrected chi connectivity index (χ1v) is 3.33. The van der Waals surface area contributed by atoms with Gasteiger partial charge in [0.05, 0.1) is 5.71 Å². The minimum atomic E-state index is 0.162. The highest BCUT2D eigenvalue weighted by molar-refractivity contribution is 5.94. The van der Waals surface area contributed by atoms with Crippen LogP contribution in [-0.4, -0.2) is 10.9 Å². The maximum atomic E-state index is 8.41. The molecule has 0 saturated heterocycles. The summed E-state index contributed by atoms with van der Waals surface area (Å²) in [4.78, 5) is 0. The van der Waals surface area contributed by atoms with Crippen LogP contribution in [0.4, 0.5) is 0 Å². The Kier molecular flexibility index (Phi) is 3.13. The van der Waals surface area contributed by atoms with Crippen molar-refractivity contribution in [3.05, 3.63) is 12.7 Å². The van der Waals surface area contributed by atoms with Gasteiger partial charge in [-0.15, -0.1) is 0 Å². The Hall–Kier alpha value is -0.790. The number of oxime groups is 1. The highest BCUT2D eigenvalue weighted by Crippen LogP contribution is 2.19. The molecule has 0 aliphatic heterocycles. The molecular weight excluding hydrogens is 126 g/mol. The molecular formula is C8H15NO. The standard InChI is InChI=1S/C8H15NO/c1-5-7(9-10)6-8(2,3)4/h5,10H,1,6H2,2-4H3. The predicted molar refractivity (Wildman–Crippen MR) is 43.5 cm³/mol. The first-order chi connectivity index (χ1) is 4.49. The lowest BCUT2D eigenvalue weighted by Crippen LogP contribution is -2.10. The van der Waals surface area contributed by atoms with Crippen LogP contribution in [-0.2, 0) is 0 Å². The predicted octanol–water partition coefficient (Wildman–Crippen LogP) is 2.44. The first kappa shape index (κ1) is 9.21. The SMILES string of the molecule is C=CC(CC(C)(C)C)=NO. The third-order valence-electron chi connectivity index (χ3n) is 1.08. The van der Waals surface area contributed by atoms with Crippen molar-refractivity contribution in [2.75, 3.05) is 0 Å². The molecule has 0 heterocycles. The van der Waals surface area contributed by atoms with E-state index in [0.717, 1.165) is 6.42 Å². The lowest BCUT2D eigenvalue weighted by Gasteiger charge is -2.16. The molecule has 0 aromatic carbocycles. The smallest absolute Gasteiger partial charge is 0.0795 e. The topological polar surface area (TPSA) is 32.6 Å². The average molecular weight is 141 g/mol. The molecule has 0 aliphatic rings. The summed E-state index contributed by atoms with van der Waals surface area (Å²) in [6.07, 6.45) is 2.33. The van der Waals surface area contributed by atoms with E-state index in [4.69, 9.17) is 5.21 Å². The maximum absolute atomic E-state index is 8.41. The van der Waals surface area contributed by atoms with Gasteiger partial charge in [-0.1, -0.05) is 32.5 Å². The van der Waals surface area contributed by atoms with Gasteiger partial charge < -0.3 is 5.21 Å². The van der Waals surface area contributed by atoms with Crippen LogP contribution in [0.5, 0.6) is 0 Å². The number of allylic oxidation sites excluding steroid dienone is 1. The van der Waals surface area contributed by atoms with Gasteiger partial charge in [0.2, 0.25) is 0 Å². The minimum absolute atomic E-state index is 0.162. The molecule has 0 aromatic rings. The van der Waals surface area contributed by atoms with Crippen LogP contribution < -0.4 is 0 Å². The Labute approximate surface area is 62.2 Å². The van der Waals surface area contributed by atoms with Crippen molar-refractivity contribution in [2.45, 2.75) is 27.2 Å². The molecule has 0 aromatic heterocycles. The second kappa shape index (κ2) is 3.40. The van der Waals surface area contributed by atoms with E-state index in [-0.39, 0.29) is 5.41 Å². The average Bonchev–Trinajstić information content (AvgIpc) is 1.81. The second-order valence-electron chi connectivity index (χ2n) is 3.53. The van der Waals surface area contributed by atoms with Crippen LogP contribution in [0.3, 0.4) is 0 Å². The zero-order valence-corrected chi connectivity index (χ0v) is 6.89. The molecule has 0 aliphatic carbocycles. The van der Waals surface area contributed by atoms with Crippen molar-refractivity contribution >= 4 is 5.71 Å². The van der Waals surface area contributed by atoms with E-state index < -0.39 is 0 Å². The number of hydrogen-bond acceptors (Lipinski definition) is 2. The van der Waals surface area contributed by atoms with Gasteiger partial charge in [0, 0.05) is 0 Å². The number of hydrogen-bond donors (Lipinski definition) is 1. The summed E-state index contributed by atoms with van der Waals surface area (Å²) in [5.74, 6) is 0. The fraction of sp³-hybridized carbons (Fsp3) is 0.625. The van der Waals surface area contributed by atoms with Crippen molar-refractivity contribution < 1.29 is 5.21 Å². The fourth-order valence-electron chi connectivity index (χ4n) is 0.692. The van der Waals surface area contributed by atoms with Gasteiger partial charge in [-0.25, -0.2) is 0 Å². The lowest BCUT2D eigenvalue weighted by atomic mass is 9.90. The monoisotopic (exact) mass is 141 g/mol. The van der Waals surface area contributed by atoms with E-state index in [0.29, 0.717) is 5.71 Å². The molecule has 0 unspecified atom stereocenters. The van der Waals surface area contributed by atoms with E-state index in [2.05, 4.69) is 32.5 Å². The van der Waals surface area contributed by atoms with Crippen LogP contribution in [0.2, 0.25) is 0 Å². The molecule has 0 atom stereocenters. The van der Waals surface area contributed by atoms with Gasteiger partial charge in [-0.05, 0) is 17.9 Å². The Morgan fingerprint density at radius 1 is 1.60 bits per heavy atom. The van der Waals surface area contributed by atoms with Crippen molar-refractivity contribution in [1.82, 2.24) is 0 Å². The van der Waals surface area contributed by atoms with E-state index in [1.165, 1.54) is 0 Å². The normalized spacial score (nSPS) is 13.3. The first-order valence-electron chi connectivity index (χ1n) is 3.33. The summed E-state index contributed by atoms with van der Waals surface area (Å²) >= 11 is 0. The van der Waals surface area contributed by atoms with Gasteiger partial charge in [0.25, 0.3) is 0 Å². The number of nitrogens with zero attached hydrogens (tertiary/aromatic N) is 1. The Balaban J connectivity index is 4.01. The molecule has 58 valence electrons. The Morgan fingerprint density at radius 2 is 2.10 bits per heavy atom. The fourth-order valence-corrected chi connectivity index (χ4v) is 0.692. The Bertz CT molecular complexity index is 142. The van der Waals surface area contributed by atoms with Crippen LogP contribution >= 0.6 is 0 Å². The molecule has 0 radical (unpaired) electrons. The zero-order valence-electron chi connectivity index (χ0n) is 6.89. The van der Waals surface area contributed by atoms with E-state index >= 15 is 0 Å². The van der Waals surface area contributed by atoms with Crippen LogP contribution in [0, 0.1) is 5.41 Å². The van der Waals surface area contributed by atoms with Crippen molar-refractivity contribution in [3.63, 3.8) is 0 Å². The van der Waals surface area contributed by atoms with Crippen molar-refractivity contribution in [2.24, 2.45) is 10.6 Å². The molecule has 2 nitrogen and oxygen atoms in total. The third-order valence-corrected chi connectivity index (χ3v) is 1.08. The molecule has 0 bridgehead atoms. The minimum Gasteiger partial charge on any atom is -0.411 e. The quantitative estimate of drug-likeness (QED) is 0.357. The largest absolute Gasteiger partial charge is 0.411 e. The zero-order chi connectivity index (χ0) is 8.20. The summed E-state index contributed by atoms with van der Waals surface area (Å²) < 4.78 is 0. The molecule has 0 saturated carbocycles. The summed E-state index contributed by atoms with van der Waals surface area (Å²) in [6, 6.07) is 0. The second-order valence-corrected chi connectivity index (χ2v) is 3.53. The highest BCUT2D eigenvalue weighted by atomic mass is 16.4. The van der Waals surface area contributed by atoms with Crippen molar-refractivity contribution in [3.8, 4) is 0 Å². The van der Waals surface area contributed by atoms with Gasteiger partial charge in [0.15, 0.2) is 0 Å². The summed E-state index contributed by atoms with van der Waals surface area (Å²) in [5.41, 5.74) is 0.808. The molecule has 0 fully saturated rings. The molecule has 2 heteroatoms. The highest BCUT2D eigenvalue weighted by Gasteiger charge is 2.12. The molecule has 10 heavy (non-hydrogen) atoms. The van der Waals surface area contributed by atoms with Gasteiger partial charge >= 0.3 is 0 Å². The van der Waals surface area contributed by atoms with Crippen LogP contribution in [0.15, 0.2) is 17.8 Å². The van der Waals surface area contributed by atoms with Crippen LogP contribution in [0.25, 0.3) is 0 Å². The molecule has 0 amide bonds. The van der Waals surface area contributed by atoms with Gasteiger partial charge in [0.1, 0.15) is 0 Å². The van der Waals surface area contributed by atoms with E-state index in [9.17, 15) is 0 Å². The molecule has 0 rings (SSSR count). The third kappa shape index (κ3) is 4.13. The Morgan fingerprint density at radius 3 is 2.20 bits per heavy atom. The molecule has 1 N–H and O–H groups in total. The van der Waals surface area contributed by atoms with Gasteiger partial charge in [-0.2, -0.15) is 0 Å². The number of rotatable bonds is 2. The van der Waals surface area contributed by atoms with Crippen molar-refractivity contribution in [1.29, 1.82) is 0 Å². The van der Waals surface area contributed by atoms with Crippen LogP contribution in [0.1, 0.15) is 27.2 Å². The summed E-state index contributed by atoms with van der Waals surface area (Å²) in [6.45, 7) is 9.78. The summed E-state index contributed by atoms with van der Waals surface area (Å²) in [7, 11) is 0. The van der Waals surface area contributed by atoms with Gasteiger partial charge in [-0.3, -0.25) is 0 Å². The van der Waals surface area contributed by atoms with E-state index in [1.807, 2.05) is 0 Å². The summed E-state index contributed by atoms with van der Waals surface area (Å²) in [5, 5.41) is 11.5. The van der Waals surface area contributed by atoms with E-state index in [1.54, 1.807) is 6.08 Å². The molecule has 0 spiro atoms. The maximum Gasteiger partial charge on any atom is 0.0795 e. The lowest BCUT2D eigenvalue weighted by molar-refractivity contribution is 0.313.